The van der Waals surface area contributed by atoms with Crippen molar-refractivity contribution in [1.82, 2.24) is 5.32 Å². The van der Waals surface area contributed by atoms with Crippen LogP contribution in [0.25, 0.3) is 0 Å². The van der Waals surface area contributed by atoms with E-state index in [-0.39, 0.29) is 16.8 Å². The number of hydrogen-bond acceptors (Lipinski definition) is 3. The maximum Gasteiger partial charge on any atom is 0.252 e. The van der Waals surface area contributed by atoms with Gasteiger partial charge in [-0.1, -0.05) is 15.9 Å². The highest BCUT2D eigenvalue weighted by atomic mass is 79.9. The van der Waals surface area contributed by atoms with Crippen LogP contribution in [0.1, 0.15) is 15.9 Å². The van der Waals surface area contributed by atoms with Crippen LogP contribution in [0.15, 0.2) is 10.8 Å². The SMILES string of the molecule is Cc1cscc1C(=O)NC1COCC1Br. The van der Waals surface area contributed by atoms with Gasteiger partial charge < -0.3 is 10.1 Å². The Labute approximate surface area is 101 Å². The van der Waals surface area contributed by atoms with E-state index < -0.39 is 0 Å². The van der Waals surface area contributed by atoms with Crippen LogP contribution in [0.3, 0.4) is 0 Å². The molecule has 0 aromatic carbocycles. The van der Waals surface area contributed by atoms with Crippen molar-refractivity contribution in [2.24, 2.45) is 0 Å². The van der Waals surface area contributed by atoms with E-state index in [0.717, 1.165) is 11.1 Å². The Morgan fingerprint density at radius 3 is 2.93 bits per heavy atom. The molecule has 1 saturated heterocycles. The van der Waals surface area contributed by atoms with E-state index in [9.17, 15) is 4.79 Å². The first kappa shape index (κ1) is 11.1. The number of thiophene rings is 1. The second-order valence-electron chi connectivity index (χ2n) is 3.60. The molecule has 1 fully saturated rings. The Hall–Kier alpha value is -0.390. The molecule has 0 aliphatic carbocycles. The third kappa shape index (κ3) is 2.41. The molecule has 0 spiro atoms. The third-order valence-electron chi connectivity index (χ3n) is 2.43. The van der Waals surface area contributed by atoms with Crippen LogP contribution in [0.2, 0.25) is 0 Å². The summed E-state index contributed by atoms with van der Waals surface area (Å²) in [5.74, 6) is -0.00583. The zero-order valence-electron chi connectivity index (χ0n) is 8.33. The largest absolute Gasteiger partial charge is 0.378 e. The number of carbonyl (C=O) groups is 1. The first-order chi connectivity index (χ1) is 7.18. The second kappa shape index (κ2) is 4.63. The fourth-order valence-electron chi connectivity index (χ4n) is 1.50. The van der Waals surface area contributed by atoms with Gasteiger partial charge in [0.25, 0.3) is 5.91 Å². The van der Waals surface area contributed by atoms with E-state index in [2.05, 4.69) is 21.2 Å². The molecule has 2 atom stereocenters. The average molecular weight is 290 g/mol. The van der Waals surface area contributed by atoms with Crippen molar-refractivity contribution in [2.45, 2.75) is 17.8 Å². The van der Waals surface area contributed by atoms with E-state index in [4.69, 9.17) is 4.74 Å². The Morgan fingerprint density at radius 2 is 2.40 bits per heavy atom. The molecule has 15 heavy (non-hydrogen) atoms. The molecule has 1 aromatic heterocycles. The summed E-state index contributed by atoms with van der Waals surface area (Å²) in [5.41, 5.74) is 1.80. The van der Waals surface area contributed by atoms with Crippen LogP contribution >= 0.6 is 27.3 Å². The summed E-state index contributed by atoms with van der Waals surface area (Å²) in [6.07, 6.45) is 0. The number of nitrogens with one attached hydrogen (secondary N) is 1. The Morgan fingerprint density at radius 1 is 1.60 bits per heavy atom. The fourth-order valence-corrected chi connectivity index (χ4v) is 2.80. The average Bonchev–Trinajstić information content (AvgIpc) is 2.76. The van der Waals surface area contributed by atoms with Crippen molar-refractivity contribution < 1.29 is 9.53 Å². The maximum absolute atomic E-state index is 11.8. The maximum atomic E-state index is 11.8. The van der Waals surface area contributed by atoms with Gasteiger partial charge in [-0.3, -0.25) is 4.79 Å². The molecule has 5 heteroatoms. The zero-order valence-corrected chi connectivity index (χ0v) is 10.7. The number of rotatable bonds is 2. The molecule has 2 unspecified atom stereocenters. The molecular weight excluding hydrogens is 278 g/mol. The molecule has 0 radical (unpaired) electrons. The van der Waals surface area contributed by atoms with Crippen LogP contribution in [0, 0.1) is 6.92 Å². The van der Waals surface area contributed by atoms with Gasteiger partial charge in [-0.15, -0.1) is 0 Å². The number of aryl methyl sites for hydroxylation is 1. The molecule has 0 saturated carbocycles. The van der Waals surface area contributed by atoms with Gasteiger partial charge in [-0.25, -0.2) is 0 Å². The van der Waals surface area contributed by atoms with Gasteiger partial charge in [0.05, 0.1) is 29.6 Å². The molecule has 1 aromatic rings. The van der Waals surface area contributed by atoms with Crippen molar-refractivity contribution in [1.29, 1.82) is 0 Å². The Bertz CT molecular complexity index is 366. The summed E-state index contributed by atoms with van der Waals surface area (Å²) in [4.78, 5) is 12.1. The van der Waals surface area contributed by atoms with Gasteiger partial charge in [0.2, 0.25) is 0 Å². The van der Waals surface area contributed by atoms with Gasteiger partial charge in [0.15, 0.2) is 0 Å². The van der Waals surface area contributed by atoms with E-state index in [1.54, 1.807) is 11.3 Å². The molecule has 1 N–H and O–H groups in total. The van der Waals surface area contributed by atoms with Crippen LogP contribution in [-0.4, -0.2) is 30.0 Å². The normalized spacial score (nSPS) is 25.5. The predicted molar refractivity (Wildman–Crippen MR) is 63.8 cm³/mol. The minimum Gasteiger partial charge on any atom is -0.378 e. The number of ether oxygens (including phenoxy) is 1. The summed E-state index contributed by atoms with van der Waals surface area (Å²) in [5, 5.41) is 6.82. The molecule has 0 bridgehead atoms. The quantitative estimate of drug-likeness (QED) is 0.845. The number of halogens is 1. The summed E-state index contributed by atoms with van der Waals surface area (Å²) in [6, 6.07) is 0.0804. The first-order valence-corrected chi connectivity index (χ1v) is 6.60. The highest BCUT2D eigenvalue weighted by Crippen LogP contribution is 2.17. The van der Waals surface area contributed by atoms with Gasteiger partial charge >= 0.3 is 0 Å². The summed E-state index contributed by atoms with van der Waals surface area (Å²) in [6.45, 7) is 3.20. The van der Waals surface area contributed by atoms with Crippen LogP contribution in [-0.2, 0) is 4.74 Å². The minimum atomic E-state index is -0.00583. The van der Waals surface area contributed by atoms with Gasteiger partial charge in [0.1, 0.15) is 0 Å². The highest BCUT2D eigenvalue weighted by Gasteiger charge is 2.27. The lowest BCUT2D eigenvalue weighted by Gasteiger charge is -2.13. The van der Waals surface area contributed by atoms with Gasteiger partial charge in [-0.2, -0.15) is 11.3 Å². The highest BCUT2D eigenvalue weighted by molar-refractivity contribution is 9.09. The van der Waals surface area contributed by atoms with Gasteiger partial charge in [0, 0.05) is 5.38 Å². The van der Waals surface area contributed by atoms with Crippen molar-refractivity contribution in [3.8, 4) is 0 Å². The molecule has 3 nitrogen and oxygen atoms in total. The van der Waals surface area contributed by atoms with Gasteiger partial charge in [-0.05, 0) is 17.9 Å². The molecule has 2 heterocycles. The Balaban J connectivity index is 2.01. The van der Waals surface area contributed by atoms with E-state index in [1.165, 1.54) is 0 Å². The van der Waals surface area contributed by atoms with Crippen molar-refractivity contribution >= 4 is 33.2 Å². The fraction of sp³-hybridized carbons (Fsp3) is 0.500. The summed E-state index contributed by atoms with van der Waals surface area (Å²) in [7, 11) is 0. The van der Waals surface area contributed by atoms with Crippen LogP contribution < -0.4 is 5.32 Å². The molecule has 82 valence electrons. The number of amides is 1. The Kier molecular flexibility index (Phi) is 3.43. The van der Waals surface area contributed by atoms with E-state index in [0.29, 0.717) is 13.2 Å². The topological polar surface area (TPSA) is 38.3 Å². The van der Waals surface area contributed by atoms with E-state index >= 15 is 0 Å². The van der Waals surface area contributed by atoms with E-state index in [1.807, 2.05) is 17.7 Å². The lowest BCUT2D eigenvalue weighted by molar-refractivity contribution is 0.0930. The summed E-state index contributed by atoms with van der Waals surface area (Å²) < 4.78 is 5.26. The molecular formula is C10H12BrNO2S. The lowest BCUT2D eigenvalue weighted by Crippen LogP contribution is -2.40. The first-order valence-electron chi connectivity index (χ1n) is 4.74. The molecule has 1 aliphatic rings. The lowest BCUT2D eigenvalue weighted by atomic mass is 10.2. The van der Waals surface area contributed by atoms with Crippen LogP contribution in [0.4, 0.5) is 0 Å². The zero-order chi connectivity index (χ0) is 10.8. The van der Waals surface area contributed by atoms with Crippen LogP contribution in [0.5, 0.6) is 0 Å². The van der Waals surface area contributed by atoms with Crippen molar-refractivity contribution in [3.63, 3.8) is 0 Å². The second-order valence-corrected chi connectivity index (χ2v) is 5.52. The standard InChI is InChI=1S/C10H12BrNO2S/c1-6-4-15-5-7(6)10(13)12-9-3-14-2-8(9)11/h4-5,8-9H,2-3H2,1H3,(H,12,13). The molecule has 1 amide bonds. The number of carbonyl (C=O) groups excluding carboxylic acids is 1. The van der Waals surface area contributed by atoms with Crippen molar-refractivity contribution in [3.05, 3.63) is 21.9 Å². The van der Waals surface area contributed by atoms with Crippen molar-refractivity contribution in [2.75, 3.05) is 13.2 Å². The molecule has 1 aliphatic heterocycles. The third-order valence-corrected chi connectivity index (χ3v) is 4.19. The number of hydrogen-bond donors (Lipinski definition) is 1. The summed E-state index contributed by atoms with van der Waals surface area (Å²) >= 11 is 5.03. The minimum absolute atomic E-state index is 0.00583. The smallest absolute Gasteiger partial charge is 0.252 e. The predicted octanol–water partition coefficient (Wildman–Crippen LogP) is 1.95. The monoisotopic (exact) mass is 289 g/mol. The molecule has 2 rings (SSSR count). The number of alkyl halides is 1.